The van der Waals surface area contributed by atoms with E-state index in [1.54, 1.807) is 24.3 Å². The summed E-state index contributed by atoms with van der Waals surface area (Å²) in [7, 11) is 0. The zero-order chi connectivity index (χ0) is 15.2. The number of amidine groups is 1. The maximum absolute atomic E-state index is 12.1. The van der Waals surface area contributed by atoms with Gasteiger partial charge in [-0.25, -0.2) is 0 Å². The Morgan fingerprint density at radius 3 is 2.71 bits per heavy atom. The Bertz CT molecular complexity index is 513. The summed E-state index contributed by atoms with van der Waals surface area (Å²) in [6.07, 6.45) is 2.33. The predicted octanol–water partition coefficient (Wildman–Crippen LogP) is 0.995. The summed E-state index contributed by atoms with van der Waals surface area (Å²) in [6.45, 7) is 4.96. The van der Waals surface area contributed by atoms with Crippen molar-refractivity contribution >= 4 is 11.7 Å². The Morgan fingerprint density at radius 2 is 2.10 bits per heavy atom. The maximum atomic E-state index is 12.1. The lowest BCUT2D eigenvalue weighted by molar-refractivity contribution is 0.0941. The topological polar surface area (TPSA) is 91.0 Å². The van der Waals surface area contributed by atoms with Gasteiger partial charge in [-0.15, -0.1) is 0 Å². The van der Waals surface area contributed by atoms with Crippen molar-refractivity contribution in [1.29, 1.82) is 0 Å². The number of carbonyl (C=O) groups is 1. The van der Waals surface area contributed by atoms with Crippen LogP contribution in [0.15, 0.2) is 29.4 Å². The summed E-state index contributed by atoms with van der Waals surface area (Å²) < 4.78 is 0. The Hall–Kier alpha value is -2.08. The van der Waals surface area contributed by atoms with Crippen molar-refractivity contribution < 1.29 is 10.0 Å². The predicted molar refractivity (Wildman–Crippen MR) is 81.6 cm³/mol. The molecule has 0 aromatic heterocycles. The van der Waals surface area contributed by atoms with E-state index in [1.165, 1.54) is 6.42 Å². The van der Waals surface area contributed by atoms with E-state index >= 15 is 0 Å². The molecule has 1 fully saturated rings. The molecule has 1 aromatic rings. The number of oxime groups is 1. The first-order valence-electron chi connectivity index (χ1n) is 7.26. The van der Waals surface area contributed by atoms with E-state index in [0.717, 1.165) is 19.5 Å². The molecule has 1 heterocycles. The van der Waals surface area contributed by atoms with Crippen molar-refractivity contribution in [3.63, 3.8) is 0 Å². The molecule has 0 saturated carbocycles. The maximum Gasteiger partial charge on any atom is 0.251 e. The normalized spacial score (nSPS) is 19.7. The van der Waals surface area contributed by atoms with Crippen LogP contribution in [0.5, 0.6) is 0 Å². The molecule has 6 nitrogen and oxygen atoms in total. The first kappa shape index (κ1) is 15.3. The number of nitrogens with zero attached hydrogens (tertiary/aromatic N) is 2. The van der Waals surface area contributed by atoms with Crippen molar-refractivity contribution in [2.75, 3.05) is 19.6 Å². The van der Waals surface area contributed by atoms with Gasteiger partial charge in [0, 0.05) is 23.7 Å². The molecule has 114 valence electrons. The van der Waals surface area contributed by atoms with Gasteiger partial charge in [-0.3, -0.25) is 9.69 Å². The average molecular weight is 290 g/mol. The summed E-state index contributed by atoms with van der Waals surface area (Å²) in [5, 5.41) is 14.5. The Morgan fingerprint density at radius 1 is 1.43 bits per heavy atom. The van der Waals surface area contributed by atoms with Gasteiger partial charge in [-0.2, -0.15) is 0 Å². The number of likely N-dealkylation sites (tertiary alicyclic amines) is 1. The quantitative estimate of drug-likeness (QED) is 0.326. The van der Waals surface area contributed by atoms with Crippen LogP contribution < -0.4 is 11.1 Å². The Labute approximate surface area is 124 Å². The minimum Gasteiger partial charge on any atom is -0.409 e. The second-order valence-electron chi connectivity index (χ2n) is 5.20. The van der Waals surface area contributed by atoms with Crippen molar-refractivity contribution in [3.8, 4) is 0 Å². The lowest BCUT2D eigenvalue weighted by atomic mass is 10.1. The molecular formula is C15H22N4O2. The number of hydrogen-bond acceptors (Lipinski definition) is 4. The molecule has 1 saturated heterocycles. The molecule has 1 aliphatic rings. The molecule has 6 heteroatoms. The zero-order valence-electron chi connectivity index (χ0n) is 12.2. The van der Waals surface area contributed by atoms with Crippen molar-refractivity contribution in [2.45, 2.75) is 25.8 Å². The van der Waals surface area contributed by atoms with Crippen molar-refractivity contribution in [2.24, 2.45) is 10.9 Å². The molecule has 0 radical (unpaired) electrons. The number of rotatable bonds is 5. The van der Waals surface area contributed by atoms with Gasteiger partial charge in [0.15, 0.2) is 5.84 Å². The summed E-state index contributed by atoms with van der Waals surface area (Å²) >= 11 is 0. The number of likely N-dealkylation sites (N-methyl/N-ethyl adjacent to an activating group) is 1. The van der Waals surface area contributed by atoms with Gasteiger partial charge in [0.1, 0.15) is 0 Å². The smallest absolute Gasteiger partial charge is 0.251 e. The minimum absolute atomic E-state index is 0.0338. The fraction of sp³-hybridized carbons (Fsp3) is 0.467. The number of carbonyl (C=O) groups excluding carboxylic acids is 1. The molecule has 0 spiro atoms. The van der Waals surface area contributed by atoms with Gasteiger partial charge in [0.25, 0.3) is 5.91 Å². The first-order valence-corrected chi connectivity index (χ1v) is 7.26. The highest BCUT2D eigenvalue weighted by atomic mass is 16.4. The number of benzene rings is 1. The summed E-state index contributed by atoms with van der Waals surface area (Å²) in [4.78, 5) is 14.5. The second kappa shape index (κ2) is 7.08. The average Bonchev–Trinajstić information content (AvgIpc) is 2.99. The lowest BCUT2D eigenvalue weighted by Gasteiger charge is -2.22. The van der Waals surface area contributed by atoms with Crippen LogP contribution in [0.3, 0.4) is 0 Å². The lowest BCUT2D eigenvalue weighted by Crippen LogP contribution is -2.40. The number of amides is 1. The number of hydrogen-bond donors (Lipinski definition) is 3. The largest absolute Gasteiger partial charge is 0.409 e. The summed E-state index contributed by atoms with van der Waals surface area (Å²) in [5.41, 5.74) is 6.65. The van der Waals surface area contributed by atoms with E-state index in [1.807, 2.05) is 0 Å². The highest BCUT2D eigenvalue weighted by Crippen LogP contribution is 2.15. The Balaban J connectivity index is 1.91. The van der Waals surface area contributed by atoms with Gasteiger partial charge in [0.05, 0.1) is 0 Å². The molecule has 1 atom stereocenters. The SMILES string of the molecule is CCN1CCCC1CNC(=O)c1ccc(/C(N)=N/O)cc1. The molecule has 1 amide bonds. The third-order valence-electron chi connectivity index (χ3n) is 3.95. The van der Waals surface area contributed by atoms with Crippen molar-refractivity contribution in [3.05, 3.63) is 35.4 Å². The van der Waals surface area contributed by atoms with Crippen LogP contribution in [0.2, 0.25) is 0 Å². The molecule has 1 aliphatic heterocycles. The van der Waals surface area contributed by atoms with Crippen LogP contribution in [0, 0.1) is 0 Å². The fourth-order valence-corrected chi connectivity index (χ4v) is 2.71. The number of nitrogens with two attached hydrogens (primary N) is 1. The van der Waals surface area contributed by atoms with E-state index in [-0.39, 0.29) is 11.7 Å². The van der Waals surface area contributed by atoms with Crippen LogP contribution in [0.25, 0.3) is 0 Å². The monoisotopic (exact) mass is 290 g/mol. The minimum atomic E-state index is -0.0935. The number of nitrogens with one attached hydrogen (secondary N) is 1. The molecule has 4 N–H and O–H groups in total. The van der Waals surface area contributed by atoms with E-state index in [9.17, 15) is 4.79 Å². The highest BCUT2D eigenvalue weighted by Gasteiger charge is 2.23. The molecular weight excluding hydrogens is 268 g/mol. The van der Waals surface area contributed by atoms with Crippen LogP contribution in [0.4, 0.5) is 0 Å². The summed E-state index contributed by atoms with van der Waals surface area (Å²) in [6, 6.07) is 7.12. The highest BCUT2D eigenvalue weighted by molar-refractivity contribution is 5.99. The molecule has 0 bridgehead atoms. The first-order chi connectivity index (χ1) is 10.2. The van der Waals surface area contributed by atoms with Gasteiger partial charge in [0.2, 0.25) is 0 Å². The van der Waals surface area contributed by atoms with E-state index in [0.29, 0.717) is 23.7 Å². The summed E-state index contributed by atoms with van der Waals surface area (Å²) in [5.74, 6) is -0.0597. The van der Waals surface area contributed by atoms with Gasteiger partial charge >= 0.3 is 0 Å². The third-order valence-corrected chi connectivity index (χ3v) is 3.95. The van der Waals surface area contributed by atoms with Crippen LogP contribution in [0.1, 0.15) is 35.7 Å². The van der Waals surface area contributed by atoms with Crippen LogP contribution in [-0.2, 0) is 0 Å². The molecule has 1 aromatic carbocycles. The van der Waals surface area contributed by atoms with E-state index in [2.05, 4.69) is 22.3 Å². The molecule has 21 heavy (non-hydrogen) atoms. The Kier molecular flexibility index (Phi) is 5.16. The van der Waals surface area contributed by atoms with E-state index in [4.69, 9.17) is 10.9 Å². The third kappa shape index (κ3) is 3.72. The second-order valence-corrected chi connectivity index (χ2v) is 5.20. The van der Waals surface area contributed by atoms with Gasteiger partial charge in [-0.1, -0.05) is 24.2 Å². The zero-order valence-corrected chi connectivity index (χ0v) is 12.2. The van der Waals surface area contributed by atoms with Crippen molar-refractivity contribution in [1.82, 2.24) is 10.2 Å². The molecule has 2 rings (SSSR count). The van der Waals surface area contributed by atoms with Crippen LogP contribution in [-0.4, -0.2) is 47.5 Å². The van der Waals surface area contributed by atoms with Crippen LogP contribution >= 0.6 is 0 Å². The van der Waals surface area contributed by atoms with Gasteiger partial charge < -0.3 is 16.3 Å². The fourth-order valence-electron chi connectivity index (χ4n) is 2.71. The standard InChI is InChI=1S/C15H22N4O2/c1-2-19-9-3-4-13(19)10-17-15(20)12-7-5-11(6-8-12)14(16)18-21/h5-8,13,21H,2-4,9-10H2,1H3,(H2,16,18)(H,17,20). The molecule has 0 aliphatic carbocycles. The van der Waals surface area contributed by atoms with E-state index < -0.39 is 0 Å². The van der Waals surface area contributed by atoms with Gasteiger partial charge in [-0.05, 0) is 38.1 Å². The molecule has 1 unspecified atom stereocenters.